The predicted octanol–water partition coefficient (Wildman–Crippen LogP) is 2.88. The predicted molar refractivity (Wildman–Crippen MR) is 103 cm³/mol. The first kappa shape index (κ1) is 17.6. The summed E-state index contributed by atoms with van der Waals surface area (Å²) in [6.45, 7) is 5.89. The van der Waals surface area contributed by atoms with Crippen LogP contribution in [0.25, 0.3) is 16.9 Å². The highest BCUT2D eigenvalue weighted by atomic mass is 19.1. The van der Waals surface area contributed by atoms with Gasteiger partial charge < -0.3 is 4.90 Å². The molecule has 1 aliphatic rings. The fourth-order valence-corrected chi connectivity index (χ4v) is 3.67. The SMILES string of the molecule is C[C@@H]1CN(c2ccc(-c3cnc4ccc(C=O)nn34)cc2F)C[C@H](C)N1C. The lowest BCUT2D eigenvalue weighted by molar-refractivity contribution is 0.111. The molecule has 6 nitrogen and oxygen atoms in total. The number of imidazole rings is 1. The number of aromatic nitrogens is 3. The molecule has 1 saturated heterocycles. The van der Waals surface area contributed by atoms with Crippen molar-refractivity contribution >= 4 is 17.6 Å². The van der Waals surface area contributed by atoms with Gasteiger partial charge >= 0.3 is 0 Å². The molecule has 27 heavy (non-hydrogen) atoms. The van der Waals surface area contributed by atoms with Gasteiger partial charge in [-0.3, -0.25) is 9.69 Å². The lowest BCUT2D eigenvalue weighted by Gasteiger charge is -2.43. The molecule has 4 rings (SSSR count). The van der Waals surface area contributed by atoms with Crippen molar-refractivity contribution < 1.29 is 9.18 Å². The first-order chi connectivity index (χ1) is 13.0. The third-order valence-corrected chi connectivity index (χ3v) is 5.45. The van der Waals surface area contributed by atoms with E-state index in [1.54, 1.807) is 22.8 Å². The molecule has 0 spiro atoms. The summed E-state index contributed by atoms with van der Waals surface area (Å²) in [5, 5.41) is 4.25. The van der Waals surface area contributed by atoms with E-state index in [2.05, 4.69) is 40.8 Å². The maximum atomic E-state index is 15.0. The number of nitrogens with zero attached hydrogens (tertiary/aromatic N) is 5. The summed E-state index contributed by atoms with van der Waals surface area (Å²) in [6, 6.07) is 9.26. The number of benzene rings is 1. The van der Waals surface area contributed by atoms with Crippen molar-refractivity contribution in [2.75, 3.05) is 25.0 Å². The molecule has 1 aliphatic heterocycles. The average Bonchev–Trinajstić information content (AvgIpc) is 3.08. The van der Waals surface area contributed by atoms with Gasteiger partial charge in [-0.25, -0.2) is 13.9 Å². The van der Waals surface area contributed by atoms with Crippen LogP contribution in [0.3, 0.4) is 0 Å². The number of piperazine rings is 1. The van der Waals surface area contributed by atoms with Gasteiger partial charge in [-0.05, 0) is 45.2 Å². The van der Waals surface area contributed by atoms with Gasteiger partial charge in [0, 0.05) is 30.7 Å². The van der Waals surface area contributed by atoms with E-state index in [4.69, 9.17) is 0 Å². The Hall–Kier alpha value is -2.80. The van der Waals surface area contributed by atoms with Crippen LogP contribution in [0, 0.1) is 5.82 Å². The Kier molecular flexibility index (Phi) is 4.39. The van der Waals surface area contributed by atoms with Crippen molar-refractivity contribution in [3.63, 3.8) is 0 Å². The molecular formula is C20H22FN5O. The molecule has 0 amide bonds. The highest BCUT2D eigenvalue weighted by Crippen LogP contribution is 2.29. The van der Waals surface area contributed by atoms with Gasteiger partial charge in [-0.2, -0.15) is 5.10 Å². The zero-order chi connectivity index (χ0) is 19.1. The summed E-state index contributed by atoms with van der Waals surface area (Å²) >= 11 is 0. The van der Waals surface area contributed by atoms with Crippen LogP contribution in [0.2, 0.25) is 0 Å². The molecular weight excluding hydrogens is 345 g/mol. The van der Waals surface area contributed by atoms with Gasteiger partial charge in [0.25, 0.3) is 0 Å². The van der Waals surface area contributed by atoms with Crippen LogP contribution < -0.4 is 4.90 Å². The topological polar surface area (TPSA) is 53.7 Å². The number of hydrogen-bond donors (Lipinski definition) is 0. The van der Waals surface area contributed by atoms with Crippen molar-refractivity contribution in [1.29, 1.82) is 0 Å². The highest BCUT2D eigenvalue weighted by molar-refractivity contribution is 5.73. The van der Waals surface area contributed by atoms with Crippen molar-refractivity contribution in [1.82, 2.24) is 19.5 Å². The lowest BCUT2D eigenvalue weighted by atomic mass is 10.1. The summed E-state index contributed by atoms with van der Waals surface area (Å²) in [7, 11) is 2.11. The minimum Gasteiger partial charge on any atom is -0.366 e. The molecule has 0 bridgehead atoms. The first-order valence-corrected chi connectivity index (χ1v) is 9.04. The van der Waals surface area contributed by atoms with Crippen LogP contribution in [0.1, 0.15) is 24.3 Å². The van der Waals surface area contributed by atoms with Crippen molar-refractivity contribution in [2.45, 2.75) is 25.9 Å². The standard InChI is InChI=1S/C20H22FN5O/c1-13-10-25(11-14(2)24(13)3)18-6-4-15(8-17(18)21)19-9-22-20-7-5-16(12-27)23-26(19)20/h4-9,12-14H,10-11H2,1-3H3/t13-,14+. The molecule has 2 atom stereocenters. The number of fused-ring (bicyclic) bond motifs is 1. The Morgan fingerprint density at radius 3 is 2.56 bits per heavy atom. The number of anilines is 1. The largest absolute Gasteiger partial charge is 0.366 e. The molecule has 140 valence electrons. The van der Waals surface area contributed by atoms with E-state index in [-0.39, 0.29) is 5.82 Å². The van der Waals surface area contributed by atoms with Crippen LogP contribution in [0.4, 0.5) is 10.1 Å². The molecule has 0 N–H and O–H groups in total. The van der Waals surface area contributed by atoms with Crippen LogP contribution in [-0.2, 0) is 0 Å². The smallest absolute Gasteiger partial charge is 0.170 e. The minimum atomic E-state index is -0.266. The Labute approximate surface area is 157 Å². The fourth-order valence-electron chi connectivity index (χ4n) is 3.67. The van der Waals surface area contributed by atoms with Gasteiger partial charge in [0.15, 0.2) is 11.9 Å². The quantitative estimate of drug-likeness (QED) is 0.667. The van der Waals surface area contributed by atoms with E-state index in [1.165, 1.54) is 6.07 Å². The number of likely N-dealkylation sites (N-methyl/N-ethyl adjacent to an activating group) is 1. The van der Waals surface area contributed by atoms with Gasteiger partial charge in [-0.1, -0.05) is 6.07 Å². The number of carbonyl (C=O) groups excluding carboxylic acids is 1. The van der Waals surface area contributed by atoms with Crippen LogP contribution in [0.5, 0.6) is 0 Å². The lowest BCUT2D eigenvalue weighted by Crippen LogP contribution is -2.55. The highest BCUT2D eigenvalue weighted by Gasteiger charge is 2.28. The molecule has 7 heteroatoms. The van der Waals surface area contributed by atoms with Crippen molar-refractivity contribution in [2.24, 2.45) is 0 Å². The molecule has 0 radical (unpaired) electrons. The Morgan fingerprint density at radius 2 is 1.89 bits per heavy atom. The number of halogens is 1. The van der Waals surface area contributed by atoms with E-state index in [0.29, 0.717) is 46.7 Å². The number of hydrogen-bond acceptors (Lipinski definition) is 5. The van der Waals surface area contributed by atoms with Gasteiger partial charge in [0.05, 0.1) is 17.6 Å². The second-order valence-electron chi connectivity index (χ2n) is 7.22. The van der Waals surface area contributed by atoms with Gasteiger partial charge in [0.2, 0.25) is 0 Å². The zero-order valence-electron chi connectivity index (χ0n) is 15.6. The monoisotopic (exact) mass is 367 g/mol. The average molecular weight is 367 g/mol. The summed E-state index contributed by atoms with van der Waals surface area (Å²) in [4.78, 5) is 19.7. The first-order valence-electron chi connectivity index (χ1n) is 9.04. The van der Waals surface area contributed by atoms with Gasteiger partial charge in [0.1, 0.15) is 11.5 Å². The fraction of sp³-hybridized carbons (Fsp3) is 0.350. The number of aldehydes is 1. The molecule has 1 aromatic carbocycles. The molecule has 0 saturated carbocycles. The summed E-state index contributed by atoms with van der Waals surface area (Å²) in [5.41, 5.74) is 2.86. The molecule has 1 fully saturated rings. The Balaban J connectivity index is 1.69. The van der Waals surface area contributed by atoms with E-state index in [9.17, 15) is 9.18 Å². The second kappa shape index (κ2) is 6.74. The molecule has 3 aromatic rings. The summed E-state index contributed by atoms with van der Waals surface area (Å²) < 4.78 is 16.5. The van der Waals surface area contributed by atoms with Crippen molar-refractivity contribution in [3.8, 4) is 11.3 Å². The van der Waals surface area contributed by atoms with E-state index in [1.807, 2.05) is 12.1 Å². The van der Waals surface area contributed by atoms with Gasteiger partial charge in [-0.15, -0.1) is 0 Å². The zero-order valence-corrected chi connectivity index (χ0v) is 15.6. The number of carbonyl (C=O) groups is 1. The maximum absolute atomic E-state index is 15.0. The second-order valence-corrected chi connectivity index (χ2v) is 7.22. The third-order valence-electron chi connectivity index (χ3n) is 5.45. The van der Waals surface area contributed by atoms with Crippen LogP contribution >= 0.6 is 0 Å². The molecule has 0 unspecified atom stereocenters. The van der Waals surface area contributed by atoms with E-state index in [0.717, 1.165) is 13.1 Å². The molecule has 2 aromatic heterocycles. The normalized spacial score (nSPS) is 21.0. The minimum absolute atomic E-state index is 0.266. The Bertz CT molecular complexity index is 989. The summed E-state index contributed by atoms with van der Waals surface area (Å²) in [5.74, 6) is -0.266. The third kappa shape index (κ3) is 3.08. The Morgan fingerprint density at radius 1 is 1.15 bits per heavy atom. The maximum Gasteiger partial charge on any atom is 0.170 e. The summed E-state index contributed by atoms with van der Waals surface area (Å²) in [6.07, 6.45) is 2.33. The number of rotatable bonds is 3. The van der Waals surface area contributed by atoms with E-state index < -0.39 is 0 Å². The van der Waals surface area contributed by atoms with Crippen molar-refractivity contribution in [3.05, 3.63) is 48.0 Å². The molecule has 3 heterocycles. The van der Waals surface area contributed by atoms with E-state index >= 15 is 0 Å². The molecule has 0 aliphatic carbocycles. The van der Waals surface area contributed by atoms with Crippen LogP contribution in [-0.4, -0.2) is 58.0 Å². The van der Waals surface area contributed by atoms with Crippen LogP contribution in [0.15, 0.2) is 36.5 Å².